The van der Waals surface area contributed by atoms with E-state index in [9.17, 15) is 8.42 Å². The number of hydrogen-bond acceptors (Lipinski definition) is 3. The predicted molar refractivity (Wildman–Crippen MR) is 59.7 cm³/mol. The van der Waals surface area contributed by atoms with E-state index in [0.717, 1.165) is 19.4 Å². The minimum Gasteiger partial charge on any atom is -0.311 e. The van der Waals surface area contributed by atoms with Gasteiger partial charge in [0.25, 0.3) is 0 Å². The molecule has 0 aromatic carbocycles. The Kier molecular flexibility index (Phi) is 3.83. The van der Waals surface area contributed by atoms with Crippen molar-refractivity contribution in [1.82, 2.24) is 5.32 Å². The van der Waals surface area contributed by atoms with Gasteiger partial charge < -0.3 is 5.32 Å². The molecule has 0 atom stereocenters. The molecule has 2 fully saturated rings. The molecule has 2 heterocycles. The first-order valence-corrected chi connectivity index (χ1v) is 6.90. The molecule has 0 amide bonds. The third-order valence-electron chi connectivity index (χ3n) is 3.37. The van der Waals surface area contributed by atoms with Crippen LogP contribution in [0.2, 0.25) is 0 Å². The third kappa shape index (κ3) is 2.61. The Labute approximate surface area is 92.0 Å². The van der Waals surface area contributed by atoms with Crippen molar-refractivity contribution in [2.75, 3.05) is 18.1 Å². The number of hydrogen-bond donors (Lipinski definition) is 1. The van der Waals surface area contributed by atoms with Crippen molar-refractivity contribution < 1.29 is 8.42 Å². The van der Waals surface area contributed by atoms with Crippen molar-refractivity contribution >= 4 is 22.2 Å². The van der Waals surface area contributed by atoms with Crippen LogP contribution < -0.4 is 5.32 Å². The van der Waals surface area contributed by atoms with Crippen LogP contribution in [0.5, 0.6) is 0 Å². The minimum atomic E-state index is -2.70. The van der Waals surface area contributed by atoms with Gasteiger partial charge in [-0.05, 0) is 32.2 Å². The van der Waals surface area contributed by atoms with E-state index in [2.05, 4.69) is 5.32 Å². The Bertz CT molecular complexity index is 267. The molecule has 5 heteroatoms. The smallest absolute Gasteiger partial charge is 0.150 e. The lowest BCUT2D eigenvalue weighted by Crippen LogP contribution is -2.53. The van der Waals surface area contributed by atoms with Crippen LogP contribution in [0, 0.1) is 0 Å². The number of nitrogens with one attached hydrogen (secondary N) is 1. The molecule has 0 aromatic heterocycles. The van der Waals surface area contributed by atoms with Gasteiger partial charge in [0.1, 0.15) is 9.84 Å². The first kappa shape index (κ1) is 12.3. The van der Waals surface area contributed by atoms with Gasteiger partial charge in [0.15, 0.2) is 0 Å². The maximum Gasteiger partial charge on any atom is 0.150 e. The minimum absolute atomic E-state index is 0. The van der Waals surface area contributed by atoms with Crippen molar-refractivity contribution in [1.29, 1.82) is 0 Å². The van der Waals surface area contributed by atoms with Gasteiger partial charge in [-0.25, -0.2) is 8.42 Å². The summed E-state index contributed by atoms with van der Waals surface area (Å²) in [5.74, 6) is 0.778. The van der Waals surface area contributed by atoms with E-state index in [4.69, 9.17) is 0 Å². The molecule has 0 aliphatic carbocycles. The normalized spacial score (nSPS) is 29.4. The second-order valence-electron chi connectivity index (χ2n) is 4.32. The highest BCUT2D eigenvalue weighted by atomic mass is 35.5. The molecule has 0 saturated carbocycles. The van der Waals surface area contributed by atoms with E-state index in [-0.39, 0.29) is 17.9 Å². The second-order valence-corrected chi connectivity index (χ2v) is 6.62. The molecule has 84 valence electrons. The molecule has 3 nitrogen and oxygen atoms in total. The highest BCUT2D eigenvalue weighted by Crippen LogP contribution is 2.31. The predicted octanol–water partition coefficient (Wildman–Crippen LogP) is 1.13. The number of sulfone groups is 1. The molecular weight excluding hydrogens is 222 g/mol. The van der Waals surface area contributed by atoms with Gasteiger partial charge in [-0.15, -0.1) is 12.4 Å². The van der Waals surface area contributed by atoms with Gasteiger partial charge in [-0.3, -0.25) is 0 Å². The summed E-state index contributed by atoms with van der Waals surface area (Å²) in [6.07, 6.45) is 5.33. The van der Waals surface area contributed by atoms with E-state index in [1.807, 2.05) is 0 Å². The molecule has 1 N–H and O–H groups in total. The summed E-state index contributed by atoms with van der Waals surface area (Å²) in [4.78, 5) is 0. The fourth-order valence-corrected chi connectivity index (χ4v) is 3.99. The highest BCUT2D eigenvalue weighted by Gasteiger charge is 2.37. The summed E-state index contributed by atoms with van der Waals surface area (Å²) < 4.78 is 22.5. The van der Waals surface area contributed by atoms with Gasteiger partial charge in [0.2, 0.25) is 0 Å². The molecular formula is C9H18ClNO2S. The summed E-state index contributed by atoms with van der Waals surface area (Å²) >= 11 is 0. The Balaban J connectivity index is 0.000000980. The van der Waals surface area contributed by atoms with E-state index < -0.39 is 9.84 Å². The Morgan fingerprint density at radius 3 is 2.14 bits per heavy atom. The largest absolute Gasteiger partial charge is 0.311 e. The van der Waals surface area contributed by atoms with E-state index in [0.29, 0.717) is 11.5 Å². The maximum absolute atomic E-state index is 11.2. The van der Waals surface area contributed by atoms with E-state index in [1.165, 1.54) is 19.3 Å². The average molecular weight is 240 g/mol. The van der Waals surface area contributed by atoms with Crippen molar-refractivity contribution in [3.05, 3.63) is 0 Å². The van der Waals surface area contributed by atoms with Crippen LogP contribution in [0.15, 0.2) is 0 Å². The lowest BCUT2D eigenvalue weighted by molar-refractivity contribution is 0.232. The Hall–Kier alpha value is 0.200. The zero-order valence-corrected chi connectivity index (χ0v) is 9.92. The quantitative estimate of drug-likeness (QED) is 0.690. The standard InChI is InChI=1S/C9H17NO2S.ClH/c11-13(12)7-4-9(5-8-13)3-1-2-6-10-9;/h10H,1-8H2;1H. The van der Waals surface area contributed by atoms with Gasteiger partial charge >= 0.3 is 0 Å². The average Bonchev–Trinajstić information content (AvgIpc) is 2.13. The van der Waals surface area contributed by atoms with Crippen LogP contribution in [0.1, 0.15) is 32.1 Å². The summed E-state index contributed by atoms with van der Waals surface area (Å²) in [6.45, 7) is 1.07. The maximum atomic E-state index is 11.2. The fraction of sp³-hybridized carbons (Fsp3) is 1.00. The summed E-state index contributed by atoms with van der Waals surface area (Å²) in [5, 5.41) is 3.51. The number of rotatable bonds is 0. The molecule has 0 aromatic rings. The van der Waals surface area contributed by atoms with Gasteiger partial charge in [0.05, 0.1) is 11.5 Å². The van der Waals surface area contributed by atoms with Crippen LogP contribution in [-0.4, -0.2) is 32.0 Å². The molecule has 2 rings (SSSR count). The van der Waals surface area contributed by atoms with Gasteiger partial charge in [0, 0.05) is 5.54 Å². The zero-order chi connectivity index (χ0) is 9.36. The van der Waals surface area contributed by atoms with E-state index in [1.54, 1.807) is 0 Å². The first-order valence-electron chi connectivity index (χ1n) is 5.07. The molecule has 0 unspecified atom stereocenters. The summed E-state index contributed by atoms with van der Waals surface area (Å²) in [5.41, 5.74) is 0.184. The molecule has 0 bridgehead atoms. The van der Waals surface area contributed by atoms with Crippen molar-refractivity contribution in [2.24, 2.45) is 0 Å². The first-order chi connectivity index (χ1) is 6.12. The molecule has 2 aliphatic rings. The number of piperidine rings is 1. The van der Waals surface area contributed by atoms with Crippen LogP contribution in [0.3, 0.4) is 0 Å². The SMILES string of the molecule is Cl.O=S1(=O)CCC2(CCCCN2)CC1. The monoisotopic (exact) mass is 239 g/mol. The van der Waals surface area contributed by atoms with Crippen molar-refractivity contribution in [3.8, 4) is 0 Å². The van der Waals surface area contributed by atoms with Crippen LogP contribution >= 0.6 is 12.4 Å². The molecule has 0 radical (unpaired) electrons. The van der Waals surface area contributed by atoms with Crippen molar-refractivity contribution in [3.63, 3.8) is 0 Å². The van der Waals surface area contributed by atoms with Crippen LogP contribution in [-0.2, 0) is 9.84 Å². The molecule has 2 saturated heterocycles. The Morgan fingerprint density at radius 2 is 1.64 bits per heavy atom. The summed E-state index contributed by atoms with van der Waals surface area (Å²) in [6, 6.07) is 0. The van der Waals surface area contributed by atoms with Gasteiger partial charge in [-0.1, -0.05) is 6.42 Å². The lowest BCUT2D eigenvalue weighted by atomic mass is 9.84. The van der Waals surface area contributed by atoms with Crippen LogP contribution in [0.4, 0.5) is 0 Å². The lowest BCUT2D eigenvalue weighted by Gasteiger charge is -2.41. The highest BCUT2D eigenvalue weighted by molar-refractivity contribution is 7.91. The Morgan fingerprint density at radius 1 is 1.00 bits per heavy atom. The zero-order valence-electron chi connectivity index (χ0n) is 8.29. The molecule has 14 heavy (non-hydrogen) atoms. The van der Waals surface area contributed by atoms with Crippen LogP contribution in [0.25, 0.3) is 0 Å². The van der Waals surface area contributed by atoms with E-state index >= 15 is 0 Å². The van der Waals surface area contributed by atoms with Gasteiger partial charge in [-0.2, -0.15) is 0 Å². The molecule has 2 aliphatic heterocycles. The molecule has 1 spiro atoms. The topological polar surface area (TPSA) is 46.2 Å². The summed E-state index contributed by atoms with van der Waals surface area (Å²) in [7, 11) is -2.70. The number of halogens is 1. The fourth-order valence-electron chi connectivity index (χ4n) is 2.39. The second kappa shape index (κ2) is 4.37. The third-order valence-corrected chi connectivity index (χ3v) is 5.02. The van der Waals surface area contributed by atoms with Crippen molar-refractivity contribution in [2.45, 2.75) is 37.6 Å².